The Bertz CT molecular complexity index is 984. The molecule has 1 saturated carbocycles. The first kappa shape index (κ1) is 23.0. The highest BCUT2D eigenvalue weighted by Crippen LogP contribution is 2.24. The molecular weight excluding hydrogens is 418 g/mol. The van der Waals surface area contributed by atoms with Gasteiger partial charge in [0.25, 0.3) is 0 Å². The number of nitrogens with one attached hydrogen (secondary N) is 1. The number of hydrogen-bond acceptors (Lipinski definition) is 7. The number of carbonyl (C=O) groups is 1. The molecule has 31 heavy (non-hydrogen) atoms. The van der Waals surface area contributed by atoms with Crippen LogP contribution in [0, 0.1) is 0 Å². The van der Waals surface area contributed by atoms with Gasteiger partial charge in [-0.3, -0.25) is 9.78 Å². The molecule has 168 valence electrons. The molecule has 3 rings (SSSR count). The molecule has 0 spiro atoms. The number of aromatic nitrogens is 2. The van der Waals surface area contributed by atoms with E-state index < -0.39 is 15.1 Å². The average Bonchev–Trinajstić information content (AvgIpc) is 2.75. The van der Waals surface area contributed by atoms with Gasteiger partial charge in [-0.1, -0.05) is 12.1 Å². The zero-order chi connectivity index (χ0) is 22.4. The average molecular weight is 448 g/mol. The summed E-state index contributed by atoms with van der Waals surface area (Å²) in [4.78, 5) is 21.0. The highest BCUT2D eigenvalue weighted by Gasteiger charge is 2.24. The van der Waals surface area contributed by atoms with Crippen LogP contribution >= 0.6 is 0 Å². The van der Waals surface area contributed by atoms with Gasteiger partial charge in [-0.15, -0.1) is 0 Å². The maximum Gasteiger partial charge on any atom is 0.235 e. The number of benzene rings is 1. The molecule has 0 bridgehead atoms. The molecule has 0 unspecified atom stereocenters. The van der Waals surface area contributed by atoms with E-state index in [9.17, 15) is 13.2 Å². The van der Waals surface area contributed by atoms with Gasteiger partial charge in [-0.2, -0.15) is 4.98 Å². The SMILES string of the molecule is COc1cncc(OC2CCC(NC(=O)Cc3ccc(S(=O)(=O)C(C)C)cc3)CC2)n1. The fraction of sp³-hybridized carbons (Fsp3) is 0.500. The Morgan fingerprint density at radius 2 is 1.74 bits per heavy atom. The van der Waals surface area contributed by atoms with Crippen molar-refractivity contribution in [2.24, 2.45) is 0 Å². The van der Waals surface area contributed by atoms with Crippen LogP contribution in [0.25, 0.3) is 0 Å². The molecule has 1 aromatic carbocycles. The predicted octanol–water partition coefficient (Wildman–Crippen LogP) is 2.72. The Labute approximate surface area is 183 Å². The maximum absolute atomic E-state index is 12.4. The molecule has 1 amide bonds. The molecule has 1 aliphatic carbocycles. The Hall–Kier alpha value is -2.68. The molecule has 0 aliphatic heterocycles. The van der Waals surface area contributed by atoms with Crippen LogP contribution in [0.5, 0.6) is 11.8 Å². The van der Waals surface area contributed by atoms with E-state index in [-0.39, 0.29) is 29.4 Å². The lowest BCUT2D eigenvalue weighted by Gasteiger charge is -2.29. The number of carbonyl (C=O) groups excluding carboxylic acids is 1. The Morgan fingerprint density at radius 3 is 2.35 bits per heavy atom. The van der Waals surface area contributed by atoms with Gasteiger partial charge in [0.2, 0.25) is 17.7 Å². The minimum absolute atomic E-state index is 0.0324. The third kappa shape index (κ3) is 6.16. The number of nitrogens with zero attached hydrogens (tertiary/aromatic N) is 2. The van der Waals surface area contributed by atoms with E-state index in [0.717, 1.165) is 31.2 Å². The number of hydrogen-bond donors (Lipinski definition) is 1. The second-order valence-corrected chi connectivity index (χ2v) is 10.5. The van der Waals surface area contributed by atoms with Crippen molar-refractivity contribution < 1.29 is 22.7 Å². The van der Waals surface area contributed by atoms with E-state index in [1.165, 1.54) is 13.3 Å². The normalized spacial score (nSPS) is 19.1. The molecule has 8 nitrogen and oxygen atoms in total. The standard InChI is InChI=1S/C22H29N3O5S/c1-15(2)31(27,28)19-10-4-16(5-11-19)12-20(26)24-17-6-8-18(9-7-17)30-22-14-23-13-21(25-22)29-3/h4-5,10-11,13-15,17-18H,6-9,12H2,1-3H3,(H,24,26). The first-order valence-corrected chi connectivity index (χ1v) is 12.0. The van der Waals surface area contributed by atoms with Crippen molar-refractivity contribution in [3.63, 3.8) is 0 Å². The van der Waals surface area contributed by atoms with Crippen LogP contribution in [0.4, 0.5) is 0 Å². The summed E-state index contributed by atoms with van der Waals surface area (Å²) in [6.07, 6.45) is 6.60. The summed E-state index contributed by atoms with van der Waals surface area (Å²) in [5.41, 5.74) is 0.786. The van der Waals surface area contributed by atoms with Crippen molar-refractivity contribution in [2.45, 2.75) is 68.2 Å². The Morgan fingerprint density at radius 1 is 1.10 bits per heavy atom. The monoisotopic (exact) mass is 447 g/mol. The van der Waals surface area contributed by atoms with Crippen molar-refractivity contribution in [1.29, 1.82) is 0 Å². The van der Waals surface area contributed by atoms with Gasteiger partial charge in [0.1, 0.15) is 6.10 Å². The van der Waals surface area contributed by atoms with E-state index in [2.05, 4.69) is 15.3 Å². The lowest BCUT2D eigenvalue weighted by atomic mass is 9.92. The van der Waals surface area contributed by atoms with Crippen LogP contribution in [-0.2, 0) is 21.1 Å². The van der Waals surface area contributed by atoms with Gasteiger partial charge in [0.05, 0.1) is 36.1 Å². The first-order chi connectivity index (χ1) is 14.8. The molecule has 1 aromatic heterocycles. The van der Waals surface area contributed by atoms with Crippen LogP contribution in [0.3, 0.4) is 0 Å². The minimum Gasteiger partial charge on any atom is -0.480 e. The highest BCUT2D eigenvalue weighted by atomic mass is 32.2. The number of sulfone groups is 1. The summed E-state index contributed by atoms with van der Waals surface area (Å²) in [7, 11) is -1.77. The number of rotatable bonds is 8. The number of amides is 1. The van der Waals surface area contributed by atoms with Gasteiger partial charge in [-0.05, 0) is 57.2 Å². The summed E-state index contributed by atoms with van der Waals surface area (Å²) < 4.78 is 35.3. The smallest absolute Gasteiger partial charge is 0.235 e. The quantitative estimate of drug-likeness (QED) is 0.663. The molecular formula is C22H29N3O5S. The van der Waals surface area contributed by atoms with Crippen molar-refractivity contribution in [3.05, 3.63) is 42.2 Å². The zero-order valence-corrected chi connectivity index (χ0v) is 18.9. The summed E-state index contributed by atoms with van der Waals surface area (Å²) in [6, 6.07) is 6.65. The summed E-state index contributed by atoms with van der Waals surface area (Å²) in [5.74, 6) is 0.783. The van der Waals surface area contributed by atoms with Gasteiger partial charge in [0.15, 0.2) is 9.84 Å². The molecule has 0 atom stereocenters. The number of ether oxygens (including phenoxy) is 2. The topological polar surface area (TPSA) is 107 Å². The van der Waals surface area contributed by atoms with Crippen LogP contribution < -0.4 is 14.8 Å². The molecule has 1 aliphatic rings. The second kappa shape index (κ2) is 10.1. The molecule has 1 N–H and O–H groups in total. The first-order valence-electron chi connectivity index (χ1n) is 10.4. The molecule has 9 heteroatoms. The van der Waals surface area contributed by atoms with Crippen LogP contribution in [-0.4, -0.2) is 48.8 Å². The Balaban J connectivity index is 1.45. The zero-order valence-electron chi connectivity index (χ0n) is 18.1. The van der Waals surface area contributed by atoms with Gasteiger partial charge >= 0.3 is 0 Å². The molecule has 1 heterocycles. The Kier molecular flexibility index (Phi) is 7.48. The fourth-order valence-corrected chi connectivity index (χ4v) is 4.58. The minimum atomic E-state index is -3.30. The van der Waals surface area contributed by atoms with E-state index in [1.807, 2.05) is 0 Å². The maximum atomic E-state index is 12.4. The third-order valence-electron chi connectivity index (χ3n) is 5.36. The van der Waals surface area contributed by atoms with Crippen LogP contribution in [0.1, 0.15) is 45.1 Å². The van der Waals surface area contributed by atoms with Crippen LogP contribution in [0.2, 0.25) is 0 Å². The molecule has 0 radical (unpaired) electrons. The van der Waals surface area contributed by atoms with Crippen molar-refractivity contribution >= 4 is 15.7 Å². The van der Waals surface area contributed by atoms with Gasteiger partial charge in [-0.25, -0.2) is 8.42 Å². The third-order valence-corrected chi connectivity index (χ3v) is 7.53. The largest absolute Gasteiger partial charge is 0.480 e. The second-order valence-electron chi connectivity index (χ2n) is 7.97. The lowest BCUT2D eigenvalue weighted by Crippen LogP contribution is -2.40. The summed E-state index contributed by atoms with van der Waals surface area (Å²) in [5, 5.41) is 2.60. The fourth-order valence-electron chi connectivity index (χ4n) is 3.52. The van der Waals surface area contributed by atoms with Crippen LogP contribution in [0.15, 0.2) is 41.6 Å². The van der Waals surface area contributed by atoms with Crippen molar-refractivity contribution in [2.75, 3.05) is 7.11 Å². The van der Waals surface area contributed by atoms with E-state index in [0.29, 0.717) is 11.8 Å². The summed E-state index contributed by atoms with van der Waals surface area (Å²) in [6.45, 7) is 3.31. The van der Waals surface area contributed by atoms with E-state index in [4.69, 9.17) is 9.47 Å². The van der Waals surface area contributed by atoms with Crippen molar-refractivity contribution in [1.82, 2.24) is 15.3 Å². The predicted molar refractivity (Wildman–Crippen MR) is 116 cm³/mol. The van der Waals surface area contributed by atoms with E-state index in [1.54, 1.807) is 44.3 Å². The number of methoxy groups -OCH3 is 1. The molecule has 2 aromatic rings. The van der Waals surface area contributed by atoms with Crippen molar-refractivity contribution in [3.8, 4) is 11.8 Å². The molecule has 1 fully saturated rings. The van der Waals surface area contributed by atoms with E-state index >= 15 is 0 Å². The van der Waals surface area contributed by atoms with Gasteiger partial charge < -0.3 is 14.8 Å². The summed E-state index contributed by atoms with van der Waals surface area (Å²) >= 11 is 0. The highest BCUT2D eigenvalue weighted by molar-refractivity contribution is 7.92. The van der Waals surface area contributed by atoms with Gasteiger partial charge in [0, 0.05) is 6.04 Å². The molecule has 0 saturated heterocycles. The lowest BCUT2D eigenvalue weighted by molar-refractivity contribution is -0.121.